The molecule has 2 aliphatic rings. The normalized spacial score (nSPS) is 22.3. The van der Waals surface area contributed by atoms with Gasteiger partial charge in [-0.1, -0.05) is 43.9 Å². The van der Waals surface area contributed by atoms with Crippen LogP contribution < -0.4 is 20.7 Å². The molecule has 1 aliphatic heterocycles. The van der Waals surface area contributed by atoms with Crippen LogP contribution in [0.4, 0.5) is 11.4 Å². The zero-order valence-corrected chi connectivity index (χ0v) is 19.4. The van der Waals surface area contributed by atoms with Crippen LogP contribution in [0.25, 0.3) is 0 Å². The molecule has 0 spiro atoms. The average Bonchev–Trinajstić information content (AvgIpc) is 3.37. The highest BCUT2D eigenvalue weighted by Crippen LogP contribution is 2.36. The Morgan fingerprint density at radius 1 is 1.27 bits per heavy atom. The predicted octanol–water partition coefficient (Wildman–Crippen LogP) is 2.69. The number of nitrogens with one attached hydrogen (secondary N) is 3. The molecule has 11 heteroatoms. The smallest absolute Gasteiger partial charge is 0.288 e. The van der Waals surface area contributed by atoms with E-state index in [4.69, 9.17) is 4.74 Å². The number of nitro benzene ring substituents is 1. The van der Waals surface area contributed by atoms with Crippen molar-refractivity contribution in [2.75, 3.05) is 11.6 Å². The first-order chi connectivity index (χ1) is 15.6. The monoisotopic (exact) mass is 476 g/mol. The molecule has 0 bridgehead atoms. The molecule has 4 rings (SSSR count). The standard InChI is InChI=1S/C22H28N4O6S/c1-22(23-17-9-5-6-10-20(17)32-22)24-25(27)18(13-15-7-3-4-8-15)16-11-12-21(33(2,30)31)19(14-16)26(28)29/h5-6,9-12,14-15,18,23-25H,3-4,7-8,13H2,1-2H3. The summed E-state index contributed by atoms with van der Waals surface area (Å²) in [6.45, 7) is 1.70. The lowest BCUT2D eigenvalue weighted by Gasteiger charge is -2.38. The third kappa shape index (κ3) is 5.11. The van der Waals surface area contributed by atoms with Crippen molar-refractivity contribution < 1.29 is 23.3 Å². The third-order valence-corrected chi connectivity index (χ3v) is 7.42. The number of fused-ring (bicyclic) bond motifs is 1. The van der Waals surface area contributed by atoms with E-state index in [-0.39, 0.29) is 10.1 Å². The van der Waals surface area contributed by atoms with Crippen molar-refractivity contribution >= 4 is 21.2 Å². The summed E-state index contributed by atoms with van der Waals surface area (Å²) in [7, 11) is -3.79. The molecule has 2 aromatic carbocycles. The van der Waals surface area contributed by atoms with E-state index in [0.29, 0.717) is 23.7 Å². The van der Waals surface area contributed by atoms with Gasteiger partial charge in [0.15, 0.2) is 9.84 Å². The molecule has 3 N–H and O–H groups in total. The van der Waals surface area contributed by atoms with Gasteiger partial charge in [-0.05, 0) is 24.1 Å². The summed E-state index contributed by atoms with van der Waals surface area (Å²) >= 11 is 0. The highest BCUT2D eigenvalue weighted by Gasteiger charge is 2.39. The van der Waals surface area contributed by atoms with Crippen molar-refractivity contribution in [1.29, 1.82) is 0 Å². The molecular formula is C22H28N4O6S. The fourth-order valence-corrected chi connectivity index (χ4v) is 5.55. The Balaban J connectivity index is 1.64. The molecule has 1 saturated carbocycles. The number of hydrogen-bond donors (Lipinski definition) is 3. The van der Waals surface area contributed by atoms with Gasteiger partial charge < -0.3 is 15.3 Å². The molecule has 33 heavy (non-hydrogen) atoms. The van der Waals surface area contributed by atoms with Crippen LogP contribution in [0.3, 0.4) is 0 Å². The van der Waals surface area contributed by atoms with Gasteiger partial charge in [-0.3, -0.25) is 15.3 Å². The molecule has 1 aliphatic carbocycles. The number of benzene rings is 2. The van der Waals surface area contributed by atoms with E-state index in [1.54, 1.807) is 13.0 Å². The van der Waals surface area contributed by atoms with Gasteiger partial charge in [0.2, 0.25) is 0 Å². The van der Waals surface area contributed by atoms with Gasteiger partial charge in [-0.25, -0.2) is 8.42 Å². The van der Waals surface area contributed by atoms with Crippen LogP contribution >= 0.6 is 0 Å². The van der Waals surface area contributed by atoms with Crippen LogP contribution in [-0.2, 0) is 9.84 Å². The van der Waals surface area contributed by atoms with Crippen LogP contribution in [0.2, 0.25) is 0 Å². The first-order valence-corrected chi connectivity index (χ1v) is 12.8. The summed E-state index contributed by atoms with van der Waals surface area (Å²) < 4.78 is 30.0. The second-order valence-corrected chi connectivity index (χ2v) is 10.9. The maximum atomic E-state index is 13.5. The number of nitrogens with zero attached hydrogens (tertiary/aromatic N) is 1. The molecule has 1 fully saturated rings. The summed E-state index contributed by atoms with van der Waals surface area (Å²) in [4.78, 5) is 10.5. The fourth-order valence-electron chi connectivity index (χ4n) is 4.72. The van der Waals surface area contributed by atoms with Crippen molar-refractivity contribution in [3.63, 3.8) is 0 Å². The summed E-state index contributed by atoms with van der Waals surface area (Å²) in [5.41, 5.74) is 3.55. The first-order valence-electron chi connectivity index (χ1n) is 10.9. The number of hydroxylamine groups is 1. The number of anilines is 1. The second-order valence-electron chi connectivity index (χ2n) is 8.94. The minimum atomic E-state index is -3.79. The minimum Gasteiger partial charge on any atom is -0.612 e. The molecule has 3 unspecified atom stereocenters. The molecule has 3 atom stereocenters. The first kappa shape index (κ1) is 23.4. The lowest BCUT2D eigenvalue weighted by molar-refractivity contribution is -0.937. The van der Waals surface area contributed by atoms with Gasteiger partial charge in [0, 0.05) is 31.2 Å². The van der Waals surface area contributed by atoms with E-state index in [2.05, 4.69) is 10.7 Å². The molecule has 1 heterocycles. The number of sulfone groups is 1. The zero-order valence-electron chi connectivity index (χ0n) is 18.5. The summed E-state index contributed by atoms with van der Waals surface area (Å²) in [5, 5.41) is 27.9. The van der Waals surface area contributed by atoms with Gasteiger partial charge in [0.25, 0.3) is 11.5 Å². The topological polar surface area (TPSA) is 138 Å². The van der Waals surface area contributed by atoms with Gasteiger partial charge in [-0.2, -0.15) is 0 Å². The van der Waals surface area contributed by atoms with E-state index in [1.807, 2.05) is 18.2 Å². The number of rotatable bonds is 8. The summed E-state index contributed by atoms with van der Waals surface area (Å²) in [6, 6.07) is 10.6. The largest absolute Gasteiger partial charge is 0.612 e. The highest BCUT2D eigenvalue weighted by molar-refractivity contribution is 7.90. The zero-order chi connectivity index (χ0) is 23.8. The quantitative estimate of drug-likeness (QED) is 0.391. The van der Waals surface area contributed by atoms with E-state index < -0.39 is 32.3 Å². The van der Waals surface area contributed by atoms with Crippen molar-refractivity contribution in [3.8, 4) is 5.75 Å². The number of nitro groups is 1. The maximum absolute atomic E-state index is 13.5. The molecule has 0 saturated heterocycles. The van der Waals surface area contributed by atoms with Crippen LogP contribution in [0.5, 0.6) is 5.75 Å². The Labute approximate surface area is 192 Å². The molecule has 178 valence electrons. The lowest BCUT2D eigenvalue weighted by Crippen LogP contribution is -3.17. The lowest BCUT2D eigenvalue weighted by atomic mass is 9.93. The van der Waals surface area contributed by atoms with E-state index in [0.717, 1.165) is 37.6 Å². The van der Waals surface area contributed by atoms with Crippen molar-refractivity contribution in [1.82, 2.24) is 5.43 Å². The number of para-hydroxylation sites is 2. The van der Waals surface area contributed by atoms with Gasteiger partial charge in [0.1, 0.15) is 16.7 Å². The average molecular weight is 477 g/mol. The van der Waals surface area contributed by atoms with E-state index in [1.165, 1.54) is 18.2 Å². The Hall–Kier alpha value is -2.73. The Bertz CT molecular complexity index is 1120. The van der Waals surface area contributed by atoms with E-state index >= 15 is 0 Å². The minimum absolute atomic E-state index is 0.317. The number of hydrogen-bond acceptors (Lipinski definition) is 8. The van der Waals surface area contributed by atoms with Gasteiger partial charge >= 0.3 is 0 Å². The summed E-state index contributed by atoms with van der Waals surface area (Å²) in [5.74, 6) is -0.245. The number of quaternary nitrogens is 1. The van der Waals surface area contributed by atoms with Crippen LogP contribution in [0, 0.1) is 21.2 Å². The summed E-state index contributed by atoms with van der Waals surface area (Å²) in [6.07, 6.45) is 5.60. The molecule has 2 aromatic rings. The van der Waals surface area contributed by atoms with Crippen LogP contribution in [-0.4, -0.2) is 25.4 Å². The SMILES string of the molecule is CC1(N[NH+]([O-])C(CC2CCCC2)c2ccc(S(C)(=O)=O)c([N+](=O)[O-])c2)Nc2ccccc2O1. The molecular weight excluding hydrogens is 448 g/mol. The van der Waals surface area contributed by atoms with Crippen molar-refractivity contribution in [2.45, 2.75) is 55.8 Å². The molecule has 10 nitrogen and oxygen atoms in total. The highest BCUT2D eigenvalue weighted by atomic mass is 32.2. The molecule has 0 amide bonds. The molecule has 0 radical (unpaired) electrons. The van der Waals surface area contributed by atoms with Crippen LogP contribution in [0.15, 0.2) is 47.4 Å². The van der Waals surface area contributed by atoms with Crippen molar-refractivity contribution in [2.24, 2.45) is 5.92 Å². The van der Waals surface area contributed by atoms with Crippen LogP contribution in [0.1, 0.15) is 50.6 Å². The van der Waals surface area contributed by atoms with Crippen molar-refractivity contribution in [3.05, 3.63) is 63.3 Å². The second kappa shape index (κ2) is 8.90. The van der Waals surface area contributed by atoms with Gasteiger partial charge in [-0.15, -0.1) is 5.43 Å². The Kier molecular flexibility index (Phi) is 6.32. The maximum Gasteiger partial charge on any atom is 0.288 e. The predicted molar refractivity (Wildman–Crippen MR) is 122 cm³/mol. The third-order valence-electron chi connectivity index (χ3n) is 6.28. The van der Waals surface area contributed by atoms with E-state index in [9.17, 15) is 23.7 Å². The Morgan fingerprint density at radius 3 is 2.61 bits per heavy atom. The van der Waals surface area contributed by atoms with Gasteiger partial charge in [0.05, 0.1) is 10.6 Å². The Morgan fingerprint density at radius 2 is 1.97 bits per heavy atom. The fraction of sp³-hybridized carbons (Fsp3) is 0.455. The molecule has 0 aromatic heterocycles. The number of ether oxygens (including phenoxy) is 1.